The zero-order chi connectivity index (χ0) is 18.4. The predicted molar refractivity (Wildman–Crippen MR) is 114 cm³/mol. The predicted octanol–water partition coefficient (Wildman–Crippen LogP) is 5.53. The van der Waals surface area contributed by atoms with E-state index < -0.39 is 5.91 Å². The van der Waals surface area contributed by atoms with E-state index >= 15 is 0 Å². The molecule has 0 saturated heterocycles. The number of hydrogen-bond acceptors (Lipinski definition) is 3. The lowest BCUT2D eigenvalue weighted by Gasteiger charge is -2.07. The van der Waals surface area contributed by atoms with Crippen molar-refractivity contribution in [3.63, 3.8) is 0 Å². The van der Waals surface area contributed by atoms with E-state index in [9.17, 15) is 4.79 Å². The fourth-order valence-corrected chi connectivity index (χ4v) is 4.96. The van der Waals surface area contributed by atoms with E-state index in [-0.39, 0.29) is 0 Å². The summed E-state index contributed by atoms with van der Waals surface area (Å²) in [5.74, 6) is -0.411. The fourth-order valence-electron chi connectivity index (χ4n) is 3.58. The van der Waals surface area contributed by atoms with Crippen LogP contribution in [0.5, 0.6) is 0 Å². The molecule has 2 aromatic carbocycles. The van der Waals surface area contributed by atoms with E-state index in [2.05, 4.69) is 51.0 Å². The van der Waals surface area contributed by atoms with Crippen molar-refractivity contribution >= 4 is 50.4 Å². The summed E-state index contributed by atoms with van der Waals surface area (Å²) in [6.07, 6.45) is 0. The number of aromatic nitrogens is 1. The molecule has 27 heavy (non-hydrogen) atoms. The van der Waals surface area contributed by atoms with Crippen molar-refractivity contribution in [2.75, 3.05) is 0 Å². The molecule has 0 aliphatic heterocycles. The highest BCUT2D eigenvalue weighted by Gasteiger charge is 2.17. The van der Waals surface area contributed by atoms with Gasteiger partial charge in [0, 0.05) is 27.8 Å². The Morgan fingerprint density at radius 1 is 1.11 bits per heavy atom. The molecular formula is C22H15N2OS2. The summed E-state index contributed by atoms with van der Waals surface area (Å²) in [6, 6.07) is 19.6. The molecule has 1 radical (unpaired) electrons. The van der Waals surface area contributed by atoms with Crippen LogP contribution in [-0.2, 0) is 6.54 Å². The van der Waals surface area contributed by atoms with Gasteiger partial charge >= 0.3 is 0 Å². The third kappa shape index (κ3) is 2.67. The zero-order valence-corrected chi connectivity index (χ0v) is 15.9. The van der Waals surface area contributed by atoms with Gasteiger partial charge in [-0.1, -0.05) is 12.1 Å². The van der Waals surface area contributed by atoms with Gasteiger partial charge in [0.15, 0.2) is 0 Å². The Balaban J connectivity index is 1.85. The van der Waals surface area contributed by atoms with Gasteiger partial charge in [-0.05, 0) is 69.7 Å². The molecular weight excluding hydrogens is 372 g/mol. The quantitative estimate of drug-likeness (QED) is 0.433. The summed E-state index contributed by atoms with van der Waals surface area (Å²) >= 11 is 3.40. The van der Waals surface area contributed by atoms with Crippen LogP contribution in [0.2, 0.25) is 0 Å². The Hall–Kier alpha value is -2.89. The summed E-state index contributed by atoms with van der Waals surface area (Å²) in [6.45, 7) is 0.744. The van der Waals surface area contributed by atoms with E-state index in [0.29, 0.717) is 5.56 Å². The summed E-state index contributed by atoms with van der Waals surface area (Å²) in [7, 11) is 0. The number of benzene rings is 2. The molecule has 0 unspecified atom stereocenters. The normalized spacial score (nSPS) is 11.4. The first-order chi connectivity index (χ1) is 13.2. The molecule has 1 amide bonds. The molecule has 5 heteroatoms. The largest absolute Gasteiger partial charge is 0.366 e. The van der Waals surface area contributed by atoms with Crippen LogP contribution in [0, 0.1) is 6.07 Å². The van der Waals surface area contributed by atoms with Crippen molar-refractivity contribution in [2.45, 2.75) is 6.54 Å². The lowest BCUT2D eigenvalue weighted by atomic mass is 10.0. The number of rotatable bonds is 4. The molecule has 131 valence electrons. The molecule has 0 saturated carbocycles. The number of thiophene rings is 2. The van der Waals surface area contributed by atoms with Gasteiger partial charge in [0.2, 0.25) is 5.91 Å². The minimum absolute atomic E-state index is 0.411. The summed E-state index contributed by atoms with van der Waals surface area (Å²) in [5.41, 5.74) is 10.7. The minimum Gasteiger partial charge on any atom is -0.366 e. The number of carbonyl (C=O) groups is 1. The Kier molecular flexibility index (Phi) is 3.85. The van der Waals surface area contributed by atoms with Gasteiger partial charge in [-0.3, -0.25) is 4.79 Å². The summed E-state index contributed by atoms with van der Waals surface area (Å²) in [5, 5.41) is 8.14. The van der Waals surface area contributed by atoms with Crippen LogP contribution in [0.15, 0.2) is 64.7 Å². The van der Waals surface area contributed by atoms with E-state index in [1.807, 2.05) is 18.2 Å². The van der Waals surface area contributed by atoms with Crippen molar-refractivity contribution in [2.24, 2.45) is 5.73 Å². The average molecular weight is 388 g/mol. The minimum atomic E-state index is -0.411. The molecule has 0 atom stereocenters. The number of nitrogens with zero attached hydrogens (tertiary/aromatic N) is 1. The van der Waals surface area contributed by atoms with E-state index in [4.69, 9.17) is 5.73 Å². The van der Waals surface area contributed by atoms with Crippen LogP contribution in [-0.4, -0.2) is 10.5 Å². The summed E-state index contributed by atoms with van der Waals surface area (Å²) in [4.78, 5) is 13.2. The second kappa shape index (κ2) is 6.37. The van der Waals surface area contributed by atoms with E-state index in [1.54, 1.807) is 28.7 Å². The van der Waals surface area contributed by atoms with Crippen molar-refractivity contribution in [3.05, 3.63) is 81.9 Å². The molecule has 3 aromatic heterocycles. The Morgan fingerprint density at radius 2 is 2.04 bits per heavy atom. The monoisotopic (exact) mass is 387 g/mol. The highest BCUT2D eigenvalue weighted by atomic mass is 32.1. The first kappa shape index (κ1) is 16.3. The highest BCUT2D eigenvalue weighted by molar-refractivity contribution is 7.13. The van der Waals surface area contributed by atoms with Crippen molar-refractivity contribution in [3.8, 4) is 10.4 Å². The first-order valence-electron chi connectivity index (χ1n) is 8.54. The maximum absolute atomic E-state index is 12.0. The van der Waals surface area contributed by atoms with Crippen molar-refractivity contribution in [1.82, 2.24) is 4.57 Å². The van der Waals surface area contributed by atoms with Gasteiger partial charge in [0.1, 0.15) is 0 Å². The SMILES string of the molecule is NC(=O)c1cccc2c1c1[c]cc(-c3cccs3)cc1n2Cc1ccsc1. The van der Waals surface area contributed by atoms with Gasteiger partial charge in [-0.25, -0.2) is 0 Å². The third-order valence-corrected chi connectivity index (χ3v) is 6.44. The van der Waals surface area contributed by atoms with Crippen LogP contribution >= 0.6 is 22.7 Å². The van der Waals surface area contributed by atoms with E-state index in [1.165, 1.54) is 10.4 Å². The molecule has 2 N–H and O–H groups in total. The second-order valence-corrected chi connectivity index (χ2v) is 8.14. The lowest BCUT2D eigenvalue weighted by Crippen LogP contribution is -2.11. The van der Waals surface area contributed by atoms with Crippen molar-refractivity contribution < 1.29 is 4.79 Å². The molecule has 5 aromatic rings. The maximum Gasteiger partial charge on any atom is 0.249 e. The number of amides is 1. The van der Waals surface area contributed by atoms with Crippen LogP contribution in [0.25, 0.3) is 32.2 Å². The molecule has 0 aliphatic rings. The third-order valence-electron chi connectivity index (χ3n) is 4.79. The van der Waals surface area contributed by atoms with Gasteiger partial charge < -0.3 is 10.3 Å². The number of hydrogen-bond donors (Lipinski definition) is 1. The number of carbonyl (C=O) groups excluding carboxylic acids is 1. The zero-order valence-electron chi connectivity index (χ0n) is 14.3. The lowest BCUT2D eigenvalue weighted by molar-refractivity contribution is 0.100. The molecule has 3 heterocycles. The van der Waals surface area contributed by atoms with Gasteiger partial charge in [-0.2, -0.15) is 11.3 Å². The van der Waals surface area contributed by atoms with Crippen LogP contribution in [0.1, 0.15) is 15.9 Å². The second-order valence-electron chi connectivity index (χ2n) is 6.41. The van der Waals surface area contributed by atoms with Crippen molar-refractivity contribution in [1.29, 1.82) is 0 Å². The number of nitrogens with two attached hydrogens (primary N) is 1. The molecule has 0 bridgehead atoms. The molecule has 3 nitrogen and oxygen atoms in total. The van der Waals surface area contributed by atoms with Gasteiger partial charge in [0.25, 0.3) is 0 Å². The first-order valence-corrected chi connectivity index (χ1v) is 10.4. The van der Waals surface area contributed by atoms with Crippen LogP contribution in [0.3, 0.4) is 0 Å². The molecule has 5 rings (SSSR count). The highest BCUT2D eigenvalue weighted by Crippen LogP contribution is 2.35. The van der Waals surface area contributed by atoms with Gasteiger partial charge in [-0.15, -0.1) is 11.3 Å². The maximum atomic E-state index is 12.0. The number of fused-ring (bicyclic) bond motifs is 3. The Bertz CT molecular complexity index is 1270. The smallest absolute Gasteiger partial charge is 0.249 e. The van der Waals surface area contributed by atoms with Gasteiger partial charge in [0.05, 0.1) is 11.0 Å². The van der Waals surface area contributed by atoms with Crippen LogP contribution < -0.4 is 5.73 Å². The van der Waals surface area contributed by atoms with Crippen LogP contribution in [0.4, 0.5) is 0 Å². The molecule has 0 aliphatic carbocycles. The van der Waals surface area contributed by atoms with E-state index in [0.717, 1.165) is 33.9 Å². The molecule has 0 fully saturated rings. The topological polar surface area (TPSA) is 48.0 Å². The number of primary amides is 1. The molecule has 0 spiro atoms. The standard InChI is InChI=1S/C22H15N2OS2/c23-22(25)17-3-1-4-18-21(17)16-7-6-15(20-5-2-9-27-20)11-19(16)24(18)12-14-8-10-26-13-14/h1-6,8-11,13H,12H2,(H2,23,25). The Morgan fingerprint density at radius 3 is 2.78 bits per heavy atom. The summed E-state index contributed by atoms with van der Waals surface area (Å²) < 4.78 is 2.26. The fraction of sp³-hybridized carbons (Fsp3) is 0.0455. The average Bonchev–Trinajstić information content (AvgIpc) is 3.43. The Labute approximate surface area is 164 Å².